The molecule has 5 aromatic rings. The molecule has 0 unspecified atom stereocenters. The van der Waals surface area contributed by atoms with Gasteiger partial charge in [-0.2, -0.15) is 0 Å². The summed E-state index contributed by atoms with van der Waals surface area (Å²) in [4.78, 5) is 21.7. The molecule has 152 valence electrons. The van der Waals surface area contributed by atoms with Gasteiger partial charge < -0.3 is 14.5 Å². The minimum absolute atomic E-state index is 0.264. The zero-order chi connectivity index (χ0) is 21.2. The number of ether oxygens (including phenoxy) is 1. The normalized spacial score (nSPS) is 11.0. The van der Waals surface area contributed by atoms with Crippen molar-refractivity contribution in [3.63, 3.8) is 0 Å². The Morgan fingerprint density at radius 1 is 1.00 bits per heavy atom. The first-order valence-electron chi connectivity index (χ1n) is 9.87. The molecule has 5 rings (SSSR count). The third kappa shape index (κ3) is 3.59. The highest BCUT2D eigenvalue weighted by atomic mass is 16.5. The number of furan rings is 1. The third-order valence-electron chi connectivity index (χ3n) is 5.15. The molecule has 0 spiro atoms. The van der Waals surface area contributed by atoms with Gasteiger partial charge in [0.1, 0.15) is 22.8 Å². The highest BCUT2D eigenvalue weighted by Gasteiger charge is 2.15. The number of carbonyl (C=O) groups excluding carboxylic acids is 1. The van der Waals surface area contributed by atoms with Gasteiger partial charge in [0.25, 0.3) is 5.91 Å². The van der Waals surface area contributed by atoms with Crippen molar-refractivity contribution in [3.05, 3.63) is 90.4 Å². The van der Waals surface area contributed by atoms with Crippen LogP contribution < -0.4 is 10.1 Å². The van der Waals surface area contributed by atoms with Crippen molar-refractivity contribution in [2.75, 3.05) is 7.11 Å². The number of aromatic nitrogens is 2. The maximum Gasteiger partial charge on any atom is 0.270 e. The largest absolute Gasteiger partial charge is 0.496 e. The van der Waals surface area contributed by atoms with E-state index in [1.54, 1.807) is 25.6 Å². The number of nitrogens with zero attached hydrogens (tertiary/aromatic N) is 2. The fourth-order valence-corrected chi connectivity index (χ4v) is 3.58. The van der Waals surface area contributed by atoms with E-state index in [1.165, 1.54) is 0 Å². The van der Waals surface area contributed by atoms with Crippen LogP contribution in [0.4, 0.5) is 0 Å². The molecule has 2 aromatic carbocycles. The molecule has 0 radical (unpaired) electrons. The van der Waals surface area contributed by atoms with Crippen molar-refractivity contribution < 1.29 is 13.9 Å². The molecule has 3 heterocycles. The molecule has 0 saturated heterocycles. The second-order valence-corrected chi connectivity index (χ2v) is 7.10. The number of hydrogen-bond acceptors (Lipinski definition) is 5. The number of carbonyl (C=O) groups is 1. The van der Waals surface area contributed by atoms with Gasteiger partial charge in [0.05, 0.1) is 18.2 Å². The molecule has 0 saturated carbocycles. The van der Waals surface area contributed by atoms with Crippen molar-refractivity contribution in [2.45, 2.75) is 6.54 Å². The zero-order valence-electron chi connectivity index (χ0n) is 16.8. The van der Waals surface area contributed by atoms with Gasteiger partial charge in [-0.15, -0.1) is 0 Å². The molecule has 6 nitrogen and oxygen atoms in total. The smallest absolute Gasteiger partial charge is 0.270 e. The molecule has 3 aromatic heterocycles. The highest BCUT2D eigenvalue weighted by Crippen LogP contribution is 2.31. The van der Waals surface area contributed by atoms with E-state index in [0.717, 1.165) is 33.2 Å². The Kier molecular flexibility index (Phi) is 4.80. The summed E-state index contributed by atoms with van der Waals surface area (Å²) in [5, 5.41) is 4.75. The summed E-state index contributed by atoms with van der Waals surface area (Å²) in [5.41, 5.74) is 3.42. The van der Waals surface area contributed by atoms with Crippen molar-refractivity contribution >= 4 is 27.8 Å². The summed E-state index contributed by atoms with van der Waals surface area (Å²) < 4.78 is 11.3. The maximum atomic E-state index is 12.8. The highest BCUT2D eigenvalue weighted by molar-refractivity contribution is 5.98. The van der Waals surface area contributed by atoms with E-state index >= 15 is 0 Å². The minimum atomic E-state index is -0.264. The molecular formula is C25H19N3O3. The zero-order valence-corrected chi connectivity index (χ0v) is 16.8. The fraction of sp³-hybridized carbons (Fsp3) is 0.0800. The summed E-state index contributed by atoms with van der Waals surface area (Å²) >= 11 is 0. The molecule has 31 heavy (non-hydrogen) atoms. The predicted octanol–water partition coefficient (Wildman–Crippen LogP) is 4.98. The van der Waals surface area contributed by atoms with Gasteiger partial charge in [-0.25, -0.2) is 4.98 Å². The number of para-hydroxylation sites is 2. The number of rotatable bonds is 5. The van der Waals surface area contributed by atoms with Gasteiger partial charge in [-0.05, 0) is 30.3 Å². The Balaban J connectivity index is 1.48. The number of benzene rings is 2. The summed E-state index contributed by atoms with van der Waals surface area (Å²) in [6.07, 6.45) is 3.44. The number of amides is 1. The lowest BCUT2D eigenvalue weighted by Gasteiger charge is -2.10. The first kappa shape index (κ1) is 18.8. The van der Waals surface area contributed by atoms with Crippen LogP contribution in [0.15, 0.2) is 83.5 Å². The second kappa shape index (κ2) is 7.91. The third-order valence-corrected chi connectivity index (χ3v) is 5.15. The van der Waals surface area contributed by atoms with Crippen molar-refractivity contribution in [3.8, 4) is 17.1 Å². The number of pyridine rings is 2. The molecule has 6 heteroatoms. The minimum Gasteiger partial charge on any atom is -0.496 e. The molecule has 0 aliphatic heterocycles. The Morgan fingerprint density at radius 3 is 2.71 bits per heavy atom. The quantitative estimate of drug-likeness (QED) is 0.443. The predicted molar refractivity (Wildman–Crippen MR) is 119 cm³/mol. The van der Waals surface area contributed by atoms with Crippen LogP contribution in [0, 0.1) is 0 Å². The lowest BCUT2D eigenvalue weighted by atomic mass is 10.1. The number of methoxy groups -OCH3 is 1. The number of fused-ring (bicyclic) bond motifs is 2. The standard InChI is InChI=1S/C25H19N3O3/c1-30-21-8-4-3-7-17(21)14-27-25(29)20-11-10-18-13-26-15-19(24(18)28-20)23-12-16-6-2-5-9-22(16)31-23/h2-13,15H,14H2,1H3,(H,27,29). The summed E-state index contributed by atoms with van der Waals surface area (Å²) in [6, 6.07) is 20.9. The van der Waals surface area contributed by atoms with Crippen molar-refractivity contribution in [1.82, 2.24) is 15.3 Å². The lowest BCUT2D eigenvalue weighted by molar-refractivity contribution is 0.0946. The van der Waals surface area contributed by atoms with E-state index in [2.05, 4.69) is 15.3 Å². The summed E-state index contributed by atoms with van der Waals surface area (Å²) in [5.74, 6) is 1.13. The van der Waals surface area contributed by atoms with Gasteiger partial charge in [0.2, 0.25) is 0 Å². The van der Waals surface area contributed by atoms with Crippen LogP contribution in [0.2, 0.25) is 0 Å². The van der Waals surface area contributed by atoms with E-state index < -0.39 is 0 Å². The van der Waals surface area contributed by atoms with Gasteiger partial charge in [-0.1, -0.05) is 36.4 Å². The lowest BCUT2D eigenvalue weighted by Crippen LogP contribution is -2.24. The van der Waals surface area contributed by atoms with Gasteiger partial charge in [0.15, 0.2) is 0 Å². The van der Waals surface area contributed by atoms with Gasteiger partial charge >= 0.3 is 0 Å². The Morgan fingerprint density at radius 2 is 1.84 bits per heavy atom. The molecule has 1 N–H and O–H groups in total. The summed E-state index contributed by atoms with van der Waals surface area (Å²) in [6.45, 7) is 0.343. The SMILES string of the molecule is COc1ccccc1CNC(=O)c1ccc2cncc(-c3cc4ccccc4o3)c2n1. The average molecular weight is 409 g/mol. The fourth-order valence-electron chi connectivity index (χ4n) is 3.58. The van der Waals surface area contributed by atoms with Gasteiger partial charge in [0, 0.05) is 35.3 Å². The van der Waals surface area contributed by atoms with Crippen LogP contribution in [0.1, 0.15) is 16.1 Å². The van der Waals surface area contributed by atoms with Crippen molar-refractivity contribution in [1.29, 1.82) is 0 Å². The molecule has 0 bridgehead atoms. The Bertz CT molecular complexity index is 1370. The van der Waals surface area contributed by atoms with Crippen LogP contribution >= 0.6 is 0 Å². The van der Waals surface area contributed by atoms with E-state index in [4.69, 9.17) is 9.15 Å². The van der Waals surface area contributed by atoms with E-state index in [9.17, 15) is 4.79 Å². The first-order chi connectivity index (χ1) is 15.2. The van der Waals surface area contributed by atoms with Crippen LogP contribution in [0.25, 0.3) is 33.2 Å². The first-order valence-corrected chi connectivity index (χ1v) is 9.87. The summed E-state index contributed by atoms with van der Waals surface area (Å²) in [7, 11) is 1.61. The molecule has 1 amide bonds. The van der Waals surface area contributed by atoms with E-state index in [1.807, 2.05) is 60.7 Å². The van der Waals surface area contributed by atoms with Crippen LogP contribution in [0.5, 0.6) is 5.75 Å². The van der Waals surface area contributed by atoms with Crippen LogP contribution in [0.3, 0.4) is 0 Å². The molecule has 0 atom stereocenters. The number of hydrogen-bond donors (Lipinski definition) is 1. The Hall–Kier alpha value is -4.19. The molecule has 0 aliphatic rings. The van der Waals surface area contributed by atoms with E-state index in [-0.39, 0.29) is 5.91 Å². The van der Waals surface area contributed by atoms with Crippen LogP contribution in [-0.2, 0) is 6.54 Å². The number of nitrogens with one attached hydrogen (secondary N) is 1. The Labute approximate surface area is 178 Å². The molecule has 0 aliphatic carbocycles. The van der Waals surface area contributed by atoms with Gasteiger partial charge in [-0.3, -0.25) is 9.78 Å². The monoisotopic (exact) mass is 409 g/mol. The maximum absolute atomic E-state index is 12.8. The van der Waals surface area contributed by atoms with Crippen molar-refractivity contribution in [2.24, 2.45) is 0 Å². The average Bonchev–Trinajstić information content (AvgIpc) is 3.26. The topological polar surface area (TPSA) is 77.2 Å². The molecular weight excluding hydrogens is 390 g/mol. The second-order valence-electron chi connectivity index (χ2n) is 7.10. The van der Waals surface area contributed by atoms with E-state index in [0.29, 0.717) is 23.5 Å². The van der Waals surface area contributed by atoms with Crippen LogP contribution in [-0.4, -0.2) is 23.0 Å². The molecule has 0 fully saturated rings.